The van der Waals surface area contributed by atoms with E-state index in [2.05, 4.69) is 0 Å². The Bertz CT molecular complexity index is 723. The summed E-state index contributed by atoms with van der Waals surface area (Å²) in [6.45, 7) is 8.80. The molecule has 6 nitrogen and oxygen atoms in total. The van der Waals surface area contributed by atoms with E-state index >= 15 is 0 Å². The Labute approximate surface area is 155 Å². The minimum atomic E-state index is -0.499. The normalized spacial score (nSPS) is 20.0. The molecular weight excluding hydrogens is 332 g/mol. The highest BCUT2D eigenvalue weighted by Gasteiger charge is 2.32. The van der Waals surface area contributed by atoms with Gasteiger partial charge in [-0.25, -0.2) is 4.79 Å². The molecule has 0 N–H and O–H groups in total. The van der Waals surface area contributed by atoms with Crippen LogP contribution in [0, 0.1) is 0 Å². The highest BCUT2D eigenvalue weighted by Crippen LogP contribution is 2.37. The van der Waals surface area contributed by atoms with E-state index in [0.717, 1.165) is 29.8 Å². The topological polar surface area (TPSA) is 59.1 Å². The molecule has 0 saturated carbocycles. The molecule has 2 aliphatic rings. The van der Waals surface area contributed by atoms with Crippen molar-refractivity contribution in [2.45, 2.75) is 58.7 Å². The predicted octanol–water partition coefficient (Wildman–Crippen LogP) is 3.16. The first-order valence-electron chi connectivity index (χ1n) is 9.27. The highest BCUT2D eigenvalue weighted by molar-refractivity contribution is 5.99. The third-order valence-electron chi connectivity index (χ3n) is 4.84. The number of ether oxygens (including phenoxy) is 2. The van der Waals surface area contributed by atoms with Crippen LogP contribution >= 0.6 is 0 Å². The third kappa shape index (κ3) is 3.64. The van der Waals surface area contributed by atoms with Gasteiger partial charge in [0.1, 0.15) is 11.4 Å². The summed E-state index contributed by atoms with van der Waals surface area (Å²) in [7, 11) is 1.79. The summed E-state index contributed by atoms with van der Waals surface area (Å²) in [6.07, 6.45) is 1.44. The van der Waals surface area contributed by atoms with Crippen LogP contribution in [0.15, 0.2) is 12.1 Å². The van der Waals surface area contributed by atoms with Crippen LogP contribution in [-0.4, -0.2) is 48.7 Å². The molecule has 26 heavy (non-hydrogen) atoms. The predicted molar refractivity (Wildman–Crippen MR) is 99.8 cm³/mol. The monoisotopic (exact) mass is 360 g/mol. The van der Waals surface area contributed by atoms with Crippen LogP contribution in [0.3, 0.4) is 0 Å². The number of hydrogen-bond donors (Lipinski definition) is 0. The molecule has 0 aromatic heterocycles. The van der Waals surface area contributed by atoms with Crippen LogP contribution in [0.5, 0.6) is 5.75 Å². The number of nitrogens with zero attached hydrogens (tertiary/aromatic N) is 2. The minimum Gasteiger partial charge on any atom is -0.478 e. The van der Waals surface area contributed by atoms with Crippen molar-refractivity contribution in [3.63, 3.8) is 0 Å². The van der Waals surface area contributed by atoms with Gasteiger partial charge in [0.05, 0.1) is 5.69 Å². The number of likely N-dealkylation sites (N-methyl/N-ethyl adjacent to an activating group) is 1. The fraction of sp³-hybridized carbons (Fsp3) is 0.600. The largest absolute Gasteiger partial charge is 0.478 e. The second-order valence-electron chi connectivity index (χ2n) is 7.97. The smallest absolute Gasteiger partial charge is 0.410 e. The van der Waals surface area contributed by atoms with E-state index in [9.17, 15) is 9.59 Å². The maximum Gasteiger partial charge on any atom is 0.410 e. The van der Waals surface area contributed by atoms with Crippen molar-refractivity contribution in [1.82, 2.24) is 4.90 Å². The molecule has 1 aromatic carbocycles. The average molecular weight is 360 g/mol. The number of anilines is 1. The molecule has 2 heterocycles. The molecule has 3 rings (SSSR count). The molecule has 6 heteroatoms. The lowest BCUT2D eigenvalue weighted by molar-refractivity contribution is -0.126. The van der Waals surface area contributed by atoms with Gasteiger partial charge in [-0.1, -0.05) is 6.92 Å². The third-order valence-corrected chi connectivity index (χ3v) is 4.84. The van der Waals surface area contributed by atoms with E-state index < -0.39 is 11.7 Å². The van der Waals surface area contributed by atoms with Crippen molar-refractivity contribution in [2.24, 2.45) is 0 Å². The van der Waals surface area contributed by atoms with E-state index in [-0.39, 0.29) is 12.0 Å². The van der Waals surface area contributed by atoms with Gasteiger partial charge >= 0.3 is 6.09 Å². The van der Waals surface area contributed by atoms with Crippen molar-refractivity contribution < 1.29 is 19.1 Å². The summed E-state index contributed by atoms with van der Waals surface area (Å²) in [6, 6.07) is 4.07. The first-order chi connectivity index (χ1) is 12.2. The molecule has 2 aliphatic heterocycles. The Hall–Kier alpha value is -2.24. The fourth-order valence-electron chi connectivity index (χ4n) is 3.40. The highest BCUT2D eigenvalue weighted by atomic mass is 16.6. The lowest BCUT2D eigenvalue weighted by atomic mass is 10.00. The first kappa shape index (κ1) is 18.5. The van der Waals surface area contributed by atoms with Gasteiger partial charge in [0.15, 0.2) is 6.10 Å². The van der Waals surface area contributed by atoms with Crippen LogP contribution in [0.1, 0.15) is 45.2 Å². The van der Waals surface area contributed by atoms with E-state index in [1.807, 2.05) is 39.8 Å². The van der Waals surface area contributed by atoms with Gasteiger partial charge in [-0.3, -0.25) is 4.79 Å². The summed E-state index contributed by atoms with van der Waals surface area (Å²) < 4.78 is 11.4. The second-order valence-corrected chi connectivity index (χ2v) is 7.97. The van der Waals surface area contributed by atoms with E-state index in [4.69, 9.17) is 9.47 Å². The Kier molecular flexibility index (Phi) is 4.86. The SMILES string of the molecule is CCC1Oc2cc3c(cc2N(C)C1=O)CCN(C(=O)OC(C)(C)C)CC3. The number of carbonyl (C=O) groups is 2. The number of benzene rings is 1. The van der Waals surface area contributed by atoms with Crippen molar-refractivity contribution in [3.05, 3.63) is 23.3 Å². The van der Waals surface area contributed by atoms with Gasteiger partial charge in [-0.15, -0.1) is 0 Å². The average Bonchev–Trinajstić information content (AvgIpc) is 2.77. The van der Waals surface area contributed by atoms with Crippen LogP contribution in [-0.2, 0) is 22.4 Å². The zero-order chi connectivity index (χ0) is 19.1. The molecule has 1 atom stereocenters. The van der Waals surface area contributed by atoms with Crippen molar-refractivity contribution in [2.75, 3.05) is 25.0 Å². The van der Waals surface area contributed by atoms with Crippen LogP contribution in [0.2, 0.25) is 0 Å². The van der Waals surface area contributed by atoms with Crippen LogP contribution < -0.4 is 9.64 Å². The summed E-state index contributed by atoms with van der Waals surface area (Å²) in [5, 5.41) is 0. The maximum absolute atomic E-state index is 12.4. The molecule has 0 radical (unpaired) electrons. The lowest BCUT2D eigenvalue weighted by Gasteiger charge is -2.32. The molecule has 0 saturated heterocycles. The van der Waals surface area contributed by atoms with Gasteiger partial charge in [0, 0.05) is 20.1 Å². The summed E-state index contributed by atoms with van der Waals surface area (Å²) >= 11 is 0. The van der Waals surface area contributed by atoms with Gasteiger partial charge in [-0.05, 0) is 63.3 Å². The zero-order valence-corrected chi connectivity index (χ0v) is 16.3. The van der Waals surface area contributed by atoms with Gasteiger partial charge in [0.25, 0.3) is 5.91 Å². The molecule has 0 fully saturated rings. The number of amides is 2. The summed E-state index contributed by atoms with van der Waals surface area (Å²) in [5.41, 5.74) is 2.64. The van der Waals surface area contributed by atoms with E-state index in [1.165, 1.54) is 5.56 Å². The zero-order valence-electron chi connectivity index (χ0n) is 16.3. The first-order valence-corrected chi connectivity index (χ1v) is 9.27. The number of hydrogen-bond acceptors (Lipinski definition) is 4. The van der Waals surface area contributed by atoms with Crippen LogP contribution in [0.4, 0.5) is 10.5 Å². The minimum absolute atomic E-state index is 0.0102. The summed E-state index contributed by atoms with van der Waals surface area (Å²) in [4.78, 5) is 28.2. The number of carbonyl (C=O) groups excluding carboxylic acids is 2. The fourth-order valence-corrected chi connectivity index (χ4v) is 3.40. The Morgan fingerprint density at radius 3 is 2.42 bits per heavy atom. The molecule has 1 unspecified atom stereocenters. The quantitative estimate of drug-likeness (QED) is 0.772. The van der Waals surface area contributed by atoms with Crippen molar-refractivity contribution >= 4 is 17.7 Å². The number of rotatable bonds is 1. The Morgan fingerprint density at radius 1 is 1.23 bits per heavy atom. The lowest BCUT2D eigenvalue weighted by Crippen LogP contribution is -2.43. The Balaban J connectivity index is 1.81. The Morgan fingerprint density at radius 2 is 1.85 bits per heavy atom. The number of fused-ring (bicyclic) bond motifs is 2. The van der Waals surface area contributed by atoms with Gasteiger partial charge in [0.2, 0.25) is 0 Å². The van der Waals surface area contributed by atoms with Crippen LogP contribution in [0.25, 0.3) is 0 Å². The second kappa shape index (κ2) is 6.82. The maximum atomic E-state index is 12.4. The standard InChI is InChI=1S/C20H28N2O4/c1-6-16-18(23)21(5)15-11-13-7-9-22(19(24)26-20(2,3)4)10-8-14(13)12-17(15)25-16/h11-12,16H,6-10H2,1-5H3. The van der Waals surface area contributed by atoms with Crippen molar-refractivity contribution in [1.29, 1.82) is 0 Å². The molecule has 0 bridgehead atoms. The molecular formula is C20H28N2O4. The molecule has 1 aromatic rings. The molecule has 0 spiro atoms. The van der Waals surface area contributed by atoms with Crippen molar-refractivity contribution in [3.8, 4) is 5.75 Å². The summed E-state index contributed by atoms with van der Waals surface area (Å²) in [5.74, 6) is 0.743. The molecule has 0 aliphatic carbocycles. The van der Waals surface area contributed by atoms with E-state index in [1.54, 1.807) is 16.8 Å². The van der Waals surface area contributed by atoms with Gasteiger partial charge in [-0.2, -0.15) is 0 Å². The van der Waals surface area contributed by atoms with E-state index in [0.29, 0.717) is 19.5 Å². The van der Waals surface area contributed by atoms with Gasteiger partial charge < -0.3 is 19.3 Å². The molecule has 142 valence electrons. The molecule has 2 amide bonds.